The van der Waals surface area contributed by atoms with Gasteiger partial charge in [-0.3, -0.25) is 4.90 Å². The molecule has 0 saturated carbocycles. The molecule has 0 bridgehead atoms. The topological polar surface area (TPSA) is 49.3 Å². The van der Waals surface area contributed by atoms with Gasteiger partial charge in [0.15, 0.2) is 5.96 Å². The molecule has 2 heterocycles. The van der Waals surface area contributed by atoms with Crippen LogP contribution in [0.1, 0.15) is 38.7 Å². The molecule has 1 aromatic rings. The minimum Gasteiger partial charge on any atom is -0.492 e. The van der Waals surface area contributed by atoms with Crippen LogP contribution in [0, 0.1) is 0 Å². The van der Waals surface area contributed by atoms with Gasteiger partial charge in [0.05, 0.1) is 6.54 Å². The fourth-order valence-corrected chi connectivity index (χ4v) is 5.28. The molecule has 2 aliphatic rings. The number of hydrogen-bond donors (Lipinski definition) is 1. The Kier molecular flexibility index (Phi) is 13.1. The van der Waals surface area contributed by atoms with Gasteiger partial charge in [-0.2, -0.15) is 11.8 Å². The van der Waals surface area contributed by atoms with Gasteiger partial charge in [-0.25, -0.2) is 4.99 Å². The molecule has 0 aliphatic carbocycles. The van der Waals surface area contributed by atoms with Gasteiger partial charge in [0, 0.05) is 56.4 Å². The van der Waals surface area contributed by atoms with Crippen LogP contribution in [0.15, 0.2) is 29.3 Å². The first-order valence-electron chi connectivity index (χ1n) is 11.8. The number of hydrogen-bond acceptors (Lipinski definition) is 5. The predicted molar refractivity (Wildman–Crippen MR) is 147 cm³/mol. The Bertz CT molecular complexity index is 688. The number of rotatable bonds is 9. The van der Waals surface area contributed by atoms with Crippen molar-refractivity contribution in [1.82, 2.24) is 15.1 Å². The summed E-state index contributed by atoms with van der Waals surface area (Å²) in [5.74, 6) is 3.14. The van der Waals surface area contributed by atoms with E-state index in [4.69, 9.17) is 14.5 Å². The van der Waals surface area contributed by atoms with Gasteiger partial charge >= 0.3 is 0 Å². The van der Waals surface area contributed by atoms with Crippen LogP contribution in [-0.4, -0.2) is 85.9 Å². The highest BCUT2D eigenvalue weighted by atomic mass is 127. The van der Waals surface area contributed by atoms with Gasteiger partial charge in [0.2, 0.25) is 0 Å². The molecule has 1 atom stereocenters. The molecule has 2 saturated heterocycles. The zero-order chi connectivity index (χ0) is 21.9. The van der Waals surface area contributed by atoms with Crippen molar-refractivity contribution in [1.29, 1.82) is 0 Å². The maximum Gasteiger partial charge on any atom is 0.194 e. The Balaban J connectivity index is 0.00000363. The zero-order valence-corrected chi connectivity index (χ0v) is 23.1. The first-order chi connectivity index (χ1) is 15.2. The Morgan fingerprint density at radius 1 is 1.31 bits per heavy atom. The van der Waals surface area contributed by atoms with Gasteiger partial charge in [-0.05, 0) is 50.9 Å². The average Bonchev–Trinajstić information content (AvgIpc) is 2.82. The van der Waals surface area contributed by atoms with Crippen molar-refractivity contribution < 1.29 is 9.47 Å². The Labute approximate surface area is 215 Å². The lowest BCUT2D eigenvalue weighted by atomic mass is 10.1. The van der Waals surface area contributed by atoms with E-state index in [2.05, 4.69) is 66.0 Å². The first-order valence-corrected chi connectivity index (χ1v) is 12.9. The standard InChI is InChI=1S/C24H40N4O2S.HI/c1-4-23-19-28(12-16-31-23)24(25-5-2)26-18-20-7-6-8-22(17-20)30-15-11-27(3)21-9-13-29-14-10-21;/h6-8,17,21,23H,4-5,9-16,18-19H2,1-3H3,(H,25,26);1H. The number of nitrogens with zero attached hydrogens (tertiary/aromatic N) is 3. The summed E-state index contributed by atoms with van der Waals surface area (Å²) in [6.07, 6.45) is 3.45. The molecule has 0 amide bonds. The number of likely N-dealkylation sites (N-methyl/N-ethyl adjacent to an activating group) is 1. The fraction of sp³-hybridized carbons (Fsp3) is 0.708. The summed E-state index contributed by atoms with van der Waals surface area (Å²) in [7, 11) is 2.19. The number of nitrogens with one attached hydrogen (secondary N) is 1. The second-order valence-electron chi connectivity index (χ2n) is 8.34. The molecule has 1 unspecified atom stereocenters. The van der Waals surface area contributed by atoms with Crippen LogP contribution in [0.25, 0.3) is 0 Å². The van der Waals surface area contributed by atoms with Crippen molar-refractivity contribution in [3.05, 3.63) is 29.8 Å². The summed E-state index contributed by atoms with van der Waals surface area (Å²) in [5.41, 5.74) is 1.18. The van der Waals surface area contributed by atoms with E-state index in [-0.39, 0.29) is 24.0 Å². The van der Waals surface area contributed by atoms with Crippen molar-refractivity contribution in [2.24, 2.45) is 4.99 Å². The maximum absolute atomic E-state index is 6.06. The van der Waals surface area contributed by atoms with E-state index < -0.39 is 0 Å². The Morgan fingerprint density at radius 2 is 2.12 bits per heavy atom. The van der Waals surface area contributed by atoms with Crippen LogP contribution in [0.2, 0.25) is 0 Å². The van der Waals surface area contributed by atoms with Crippen LogP contribution in [0.5, 0.6) is 5.75 Å². The highest BCUT2D eigenvalue weighted by molar-refractivity contribution is 14.0. The molecule has 8 heteroatoms. The second kappa shape index (κ2) is 15.2. The van der Waals surface area contributed by atoms with Crippen molar-refractivity contribution >= 4 is 41.7 Å². The molecule has 182 valence electrons. The molecule has 0 spiro atoms. The second-order valence-corrected chi connectivity index (χ2v) is 9.75. The molecular formula is C24H41IN4O2S. The highest BCUT2D eigenvalue weighted by Crippen LogP contribution is 2.21. The highest BCUT2D eigenvalue weighted by Gasteiger charge is 2.21. The summed E-state index contributed by atoms with van der Waals surface area (Å²) < 4.78 is 11.5. The molecule has 0 aromatic heterocycles. The zero-order valence-electron chi connectivity index (χ0n) is 19.9. The monoisotopic (exact) mass is 576 g/mol. The third kappa shape index (κ3) is 8.91. The van der Waals surface area contributed by atoms with Crippen molar-refractivity contribution in [2.45, 2.75) is 50.9 Å². The number of guanidine groups is 1. The minimum absolute atomic E-state index is 0. The van der Waals surface area contributed by atoms with E-state index in [1.54, 1.807) is 0 Å². The number of halogens is 1. The number of aliphatic imine (C=N–C) groups is 1. The molecule has 1 aromatic carbocycles. The van der Waals surface area contributed by atoms with Crippen LogP contribution in [0.3, 0.4) is 0 Å². The number of thioether (sulfide) groups is 1. The number of benzene rings is 1. The normalized spacial score (nSPS) is 20.2. The van der Waals surface area contributed by atoms with Gasteiger partial charge in [-0.1, -0.05) is 19.1 Å². The Hall–Kier alpha value is -0.710. The van der Waals surface area contributed by atoms with E-state index in [9.17, 15) is 0 Å². The fourth-order valence-electron chi connectivity index (χ4n) is 4.10. The smallest absolute Gasteiger partial charge is 0.194 e. The molecule has 0 radical (unpaired) electrons. The van der Waals surface area contributed by atoms with Crippen molar-refractivity contribution in [2.75, 3.05) is 58.8 Å². The summed E-state index contributed by atoms with van der Waals surface area (Å²) in [6.45, 7) is 11.5. The van der Waals surface area contributed by atoms with Gasteiger partial charge in [0.1, 0.15) is 12.4 Å². The van der Waals surface area contributed by atoms with E-state index in [1.807, 2.05) is 6.07 Å². The van der Waals surface area contributed by atoms with Crippen LogP contribution in [0.4, 0.5) is 0 Å². The van der Waals surface area contributed by atoms with Crippen LogP contribution < -0.4 is 10.1 Å². The SMILES string of the molecule is CCNC(=NCc1cccc(OCCN(C)C2CCOCC2)c1)N1CCSC(CC)C1.I. The van der Waals surface area contributed by atoms with E-state index in [1.165, 1.54) is 17.7 Å². The summed E-state index contributed by atoms with van der Waals surface area (Å²) in [6, 6.07) is 8.99. The summed E-state index contributed by atoms with van der Waals surface area (Å²) in [4.78, 5) is 9.75. The lowest BCUT2D eigenvalue weighted by Gasteiger charge is -2.34. The predicted octanol–water partition coefficient (Wildman–Crippen LogP) is 4.09. The van der Waals surface area contributed by atoms with Crippen LogP contribution in [-0.2, 0) is 11.3 Å². The summed E-state index contributed by atoms with van der Waals surface area (Å²) in [5, 5.41) is 4.18. The largest absolute Gasteiger partial charge is 0.492 e. The quantitative estimate of drug-likeness (QED) is 0.272. The van der Waals surface area contributed by atoms with Gasteiger partial charge < -0.3 is 19.7 Å². The lowest BCUT2D eigenvalue weighted by Crippen LogP contribution is -2.48. The third-order valence-corrected chi connectivity index (χ3v) is 7.44. The Morgan fingerprint density at radius 3 is 2.88 bits per heavy atom. The molecule has 1 N–H and O–H groups in total. The van der Waals surface area contributed by atoms with Crippen LogP contribution >= 0.6 is 35.7 Å². The lowest BCUT2D eigenvalue weighted by molar-refractivity contribution is 0.0392. The van der Waals surface area contributed by atoms with E-state index in [0.29, 0.717) is 24.4 Å². The summed E-state index contributed by atoms with van der Waals surface area (Å²) >= 11 is 2.09. The molecule has 2 aliphatic heterocycles. The first kappa shape index (κ1) is 27.5. The third-order valence-electron chi connectivity index (χ3n) is 6.07. The number of ether oxygens (including phenoxy) is 2. The van der Waals surface area contributed by atoms with E-state index in [0.717, 1.165) is 63.9 Å². The molecular weight excluding hydrogens is 535 g/mol. The van der Waals surface area contributed by atoms with E-state index >= 15 is 0 Å². The van der Waals surface area contributed by atoms with Gasteiger partial charge in [-0.15, -0.1) is 24.0 Å². The molecule has 3 rings (SSSR count). The average molecular weight is 577 g/mol. The minimum atomic E-state index is 0. The molecule has 6 nitrogen and oxygen atoms in total. The van der Waals surface area contributed by atoms with Crippen molar-refractivity contribution in [3.8, 4) is 5.75 Å². The van der Waals surface area contributed by atoms with Crippen molar-refractivity contribution in [3.63, 3.8) is 0 Å². The van der Waals surface area contributed by atoms with Gasteiger partial charge in [0.25, 0.3) is 0 Å². The molecule has 32 heavy (non-hydrogen) atoms. The molecule has 2 fully saturated rings. The maximum atomic E-state index is 6.06.